The van der Waals surface area contributed by atoms with E-state index in [0.29, 0.717) is 12.2 Å². The van der Waals surface area contributed by atoms with Crippen molar-refractivity contribution in [2.75, 3.05) is 6.54 Å². The molecule has 0 unspecified atom stereocenters. The van der Waals surface area contributed by atoms with Gasteiger partial charge in [0.15, 0.2) is 0 Å². The highest BCUT2D eigenvalue weighted by Crippen LogP contribution is 1.99. The van der Waals surface area contributed by atoms with Crippen LogP contribution in [0.3, 0.4) is 0 Å². The Hall–Kier alpha value is -1.49. The minimum absolute atomic E-state index is 0.315. The smallest absolute Gasteiger partial charge is 0.365 e. The summed E-state index contributed by atoms with van der Waals surface area (Å²) in [4.78, 5) is 19.2. The van der Waals surface area contributed by atoms with Gasteiger partial charge < -0.3 is 4.84 Å². The summed E-state index contributed by atoms with van der Waals surface area (Å²) in [5.74, 6) is 4.21. The Bertz CT molecular complexity index is 280. The molecule has 0 saturated carbocycles. The van der Waals surface area contributed by atoms with E-state index in [4.69, 9.17) is 5.90 Å². The normalized spacial score (nSPS) is 13.4. The topological polar surface area (TPSA) is 67.7 Å². The number of nitrogens with two attached hydrogens (primary N) is 1. The molecule has 0 aliphatic heterocycles. The molecular formula is C9H16N3O2+. The van der Waals surface area contributed by atoms with Crippen molar-refractivity contribution in [2.45, 2.75) is 20.8 Å². The Balaban J connectivity index is 4.99. The maximum Gasteiger partial charge on any atom is 0.423 e. The zero-order valence-corrected chi connectivity index (χ0v) is 8.73. The highest BCUT2D eigenvalue weighted by Gasteiger charge is 2.21. The first-order chi connectivity index (χ1) is 6.71. The number of hydrogen-bond acceptors (Lipinski definition) is 4. The minimum Gasteiger partial charge on any atom is -0.365 e. The largest absolute Gasteiger partial charge is 0.423 e. The van der Waals surface area contributed by atoms with E-state index in [2.05, 4.69) is 9.83 Å². The lowest BCUT2D eigenvalue weighted by Crippen LogP contribution is -2.22. The Morgan fingerprint density at radius 1 is 1.57 bits per heavy atom. The molecule has 0 bridgehead atoms. The van der Waals surface area contributed by atoms with Gasteiger partial charge in [0.2, 0.25) is 0 Å². The second-order valence-electron chi connectivity index (χ2n) is 2.37. The van der Waals surface area contributed by atoms with Crippen molar-refractivity contribution in [3.63, 3.8) is 0 Å². The fourth-order valence-electron chi connectivity index (χ4n) is 0.942. The molecule has 0 fully saturated rings. The zero-order valence-electron chi connectivity index (χ0n) is 8.73. The monoisotopic (exact) mass is 198 g/mol. The molecule has 0 aliphatic carbocycles. The summed E-state index contributed by atoms with van der Waals surface area (Å²) in [6, 6.07) is 0. The molecule has 0 radical (unpaired) electrons. The Morgan fingerprint density at radius 3 is 2.57 bits per heavy atom. The molecule has 0 aromatic heterocycles. The highest BCUT2D eigenvalue weighted by atomic mass is 16.7. The van der Waals surface area contributed by atoms with E-state index in [1.165, 1.54) is 6.20 Å². The van der Waals surface area contributed by atoms with Gasteiger partial charge in [-0.2, -0.15) is 10.5 Å². The van der Waals surface area contributed by atoms with E-state index >= 15 is 0 Å². The quantitative estimate of drug-likeness (QED) is 0.309. The van der Waals surface area contributed by atoms with Crippen LogP contribution in [0.1, 0.15) is 20.8 Å². The summed E-state index contributed by atoms with van der Waals surface area (Å²) in [6.07, 6.45) is 4.75. The molecule has 0 amide bonds. The third-order valence-electron chi connectivity index (χ3n) is 1.62. The summed E-state index contributed by atoms with van der Waals surface area (Å²) in [7, 11) is 0. The average Bonchev–Trinajstić information content (AvgIpc) is 2.23. The van der Waals surface area contributed by atoms with Crippen LogP contribution in [0.4, 0.5) is 0 Å². The van der Waals surface area contributed by atoms with Gasteiger partial charge in [0.1, 0.15) is 19.0 Å². The Kier molecular flexibility index (Phi) is 6.22. The third kappa shape index (κ3) is 3.49. The fraction of sp³-hybridized carbons (Fsp3) is 0.444. The molecule has 0 aromatic carbocycles. The van der Waals surface area contributed by atoms with Crippen LogP contribution >= 0.6 is 0 Å². The van der Waals surface area contributed by atoms with Crippen LogP contribution in [0.15, 0.2) is 16.9 Å². The van der Waals surface area contributed by atoms with Crippen LogP contribution in [0.25, 0.3) is 0 Å². The first-order valence-electron chi connectivity index (χ1n) is 4.36. The highest BCUT2D eigenvalue weighted by molar-refractivity contribution is 5.86. The second kappa shape index (κ2) is 6.97. The maximum atomic E-state index is 11.2. The number of likely N-dealkylation sites (N-methyl/N-ethyl adjacent to an activating group) is 1. The number of rotatable bonds is 4. The van der Waals surface area contributed by atoms with Crippen molar-refractivity contribution < 1.29 is 14.2 Å². The van der Waals surface area contributed by atoms with Gasteiger partial charge in [0.05, 0.1) is 0 Å². The number of hydrogen-bond donors (Lipinski definition) is 1. The van der Waals surface area contributed by atoms with Gasteiger partial charge in [-0.05, 0) is 13.8 Å². The molecular weight excluding hydrogens is 182 g/mol. The molecule has 5 heteroatoms. The van der Waals surface area contributed by atoms with Gasteiger partial charge in [-0.25, -0.2) is 4.79 Å². The van der Waals surface area contributed by atoms with Crippen LogP contribution in [-0.2, 0) is 9.63 Å². The van der Waals surface area contributed by atoms with E-state index in [-0.39, 0.29) is 0 Å². The molecule has 0 heterocycles. The molecule has 0 rings (SSSR count). The lowest BCUT2D eigenvalue weighted by atomic mass is 10.4. The SMILES string of the molecule is CC=NC=C(C(=O)ON)[N+](=CC)CC. The molecule has 0 saturated heterocycles. The van der Waals surface area contributed by atoms with Crippen molar-refractivity contribution in [2.24, 2.45) is 10.9 Å². The third-order valence-corrected chi connectivity index (χ3v) is 1.62. The summed E-state index contributed by atoms with van der Waals surface area (Å²) in [5.41, 5.74) is 0.315. The zero-order chi connectivity index (χ0) is 11.0. The van der Waals surface area contributed by atoms with Gasteiger partial charge >= 0.3 is 11.7 Å². The van der Waals surface area contributed by atoms with Crippen molar-refractivity contribution in [3.8, 4) is 0 Å². The van der Waals surface area contributed by atoms with E-state index in [9.17, 15) is 4.79 Å². The van der Waals surface area contributed by atoms with Crippen molar-refractivity contribution in [1.29, 1.82) is 0 Å². The molecule has 78 valence electrons. The van der Waals surface area contributed by atoms with Crippen molar-refractivity contribution in [3.05, 3.63) is 11.9 Å². The van der Waals surface area contributed by atoms with E-state index in [0.717, 1.165) is 0 Å². The van der Waals surface area contributed by atoms with E-state index in [1.807, 2.05) is 13.8 Å². The van der Waals surface area contributed by atoms with Gasteiger partial charge in [-0.15, -0.1) is 0 Å². The molecule has 2 N–H and O–H groups in total. The lowest BCUT2D eigenvalue weighted by Gasteiger charge is -2.00. The van der Waals surface area contributed by atoms with Crippen LogP contribution in [0.2, 0.25) is 0 Å². The van der Waals surface area contributed by atoms with Crippen LogP contribution in [-0.4, -0.2) is 29.5 Å². The number of carbonyl (C=O) groups is 1. The number of aliphatic imine (C=N–C) groups is 1. The summed E-state index contributed by atoms with van der Waals surface area (Å²) >= 11 is 0. The van der Waals surface area contributed by atoms with Gasteiger partial charge in [-0.3, -0.25) is 4.99 Å². The second-order valence-corrected chi connectivity index (χ2v) is 2.37. The lowest BCUT2D eigenvalue weighted by molar-refractivity contribution is -0.465. The van der Waals surface area contributed by atoms with Gasteiger partial charge in [0, 0.05) is 13.1 Å². The molecule has 0 aromatic rings. The maximum absolute atomic E-state index is 11.2. The summed E-state index contributed by atoms with van der Waals surface area (Å²) in [5, 5.41) is 0. The fourth-order valence-corrected chi connectivity index (χ4v) is 0.942. The van der Waals surface area contributed by atoms with E-state index < -0.39 is 5.97 Å². The summed E-state index contributed by atoms with van der Waals surface area (Å²) < 4.78 is 1.70. The van der Waals surface area contributed by atoms with Crippen molar-refractivity contribution in [1.82, 2.24) is 0 Å². The molecule has 5 nitrogen and oxygen atoms in total. The molecule has 14 heavy (non-hydrogen) atoms. The minimum atomic E-state index is -0.601. The molecule has 0 aliphatic rings. The van der Waals surface area contributed by atoms with Crippen molar-refractivity contribution >= 4 is 18.4 Å². The average molecular weight is 198 g/mol. The van der Waals surface area contributed by atoms with Crippen LogP contribution < -0.4 is 5.90 Å². The predicted octanol–water partition coefficient (Wildman–Crippen LogP) is 0.458. The molecule has 0 spiro atoms. The number of carbonyl (C=O) groups excluding carboxylic acids is 1. The number of nitrogens with zero attached hydrogens (tertiary/aromatic N) is 2. The molecule has 0 atom stereocenters. The first kappa shape index (κ1) is 12.5. The predicted molar refractivity (Wildman–Crippen MR) is 55.1 cm³/mol. The van der Waals surface area contributed by atoms with E-state index in [1.54, 1.807) is 23.9 Å². The van der Waals surface area contributed by atoms with Crippen LogP contribution in [0.5, 0.6) is 0 Å². The Labute approximate surface area is 83.5 Å². The standard InChI is InChI=1S/C9H16N3O2/c1-4-11-7-8(9(13)14-10)12(5-2)6-3/h4-5,7H,6,10H2,1-3H3/q+1. The summed E-state index contributed by atoms with van der Waals surface area (Å²) in [6.45, 7) is 6.13. The van der Waals surface area contributed by atoms with Gasteiger partial charge in [-0.1, -0.05) is 0 Å². The first-order valence-corrected chi connectivity index (χ1v) is 4.36. The van der Waals surface area contributed by atoms with Crippen LogP contribution in [0, 0.1) is 0 Å². The Morgan fingerprint density at radius 2 is 2.21 bits per heavy atom. The van der Waals surface area contributed by atoms with Gasteiger partial charge in [0.25, 0.3) is 0 Å².